The molecule has 0 bridgehead atoms. The van der Waals surface area contributed by atoms with Crippen LogP contribution in [0.4, 0.5) is 5.69 Å². The van der Waals surface area contributed by atoms with E-state index in [1.54, 1.807) is 0 Å². The summed E-state index contributed by atoms with van der Waals surface area (Å²) in [6, 6.07) is 6.84. The van der Waals surface area contributed by atoms with Crippen LogP contribution in [-0.4, -0.2) is 26.3 Å². The van der Waals surface area contributed by atoms with Gasteiger partial charge in [-0.2, -0.15) is 0 Å². The highest BCUT2D eigenvalue weighted by molar-refractivity contribution is 5.59. The SMILES string of the molecule is CC(N)c1ccc2c(c1)CCN2CC1CCOC1. The van der Waals surface area contributed by atoms with E-state index in [1.165, 1.54) is 23.2 Å². The number of hydrogen-bond acceptors (Lipinski definition) is 3. The van der Waals surface area contributed by atoms with Gasteiger partial charge in [0.1, 0.15) is 0 Å². The molecular formula is C15H22N2O. The van der Waals surface area contributed by atoms with Crippen molar-refractivity contribution in [3.05, 3.63) is 29.3 Å². The first-order valence-electron chi connectivity index (χ1n) is 6.95. The Kier molecular flexibility index (Phi) is 3.27. The molecule has 1 saturated heterocycles. The Balaban J connectivity index is 1.75. The van der Waals surface area contributed by atoms with Crippen LogP contribution in [0.3, 0.4) is 0 Å². The van der Waals surface area contributed by atoms with Gasteiger partial charge in [-0.1, -0.05) is 12.1 Å². The fraction of sp³-hybridized carbons (Fsp3) is 0.600. The Morgan fingerprint density at radius 2 is 2.39 bits per heavy atom. The average molecular weight is 246 g/mol. The zero-order valence-corrected chi connectivity index (χ0v) is 11.1. The van der Waals surface area contributed by atoms with Crippen LogP contribution in [0.15, 0.2) is 18.2 Å². The number of ether oxygens (including phenoxy) is 1. The van der Waals surface area contributed by atoms with E-state index in [0.29, 0.717) is 5.92 Å². The maximum atomic E-state index is 5.94. The number of nitrogens with zero attached hydrogens (tertiary/aromatic N) is 1. The minimum absolute atomic E-state index is 0.132. The van der Waals surface area contributed by atoms with Crippen molar-refractivity contribution < 1.29 is 4.74 Å². The molecule has 0 saturated carbocycles. The summed E-state index contributed by atoms with van der Waals surface area (Å²) in [6.07, 6.45) is 2.37. The van der Waals surface area contributed by atoms with E-state index in [9.17, 15) is 0 Å². The van der Waals surface area contributed by atoms with Crippen LogP contribution in [0, 0.1) is 5.92 Å². The summed E-state index contributed by atoms with van der Waals surface area (Å²) in [7, 11) is 0. The first-order chi connectivity index (χ1) is 8.74. The lowest BCUT2D eigenvalue weighted by atomic mass is 10.0. The molecule has 0 amide bonds. The van der Waals surface area contributed by atoms with Crippen molar-refractivity contribution in [2.24, 2.45) is 11.7 Å². The Morgan fingerprint density at radius 3 is 3.11 bits per heavy atom. The summed E-state index contributed by atoms with van der Waals surface area (Å²) in [6.45, 7) is 6.21. The number of fused-ring (bicyclic) bond motifs is 1. The van der Waals surface area contributed by atoms with Crippen molar-refractivity contribution in [1.82, 2.24) is 0 Å². The molecule has 0 radical (unpaired) electrons. The Labute approximate surface area is 109 Å². The predicted octanol–water partition coefficient (Wildman–Crippen LogP) is 2.11. The van der Waals surface area contributed by atoms with Gasteiger partial charge in [0.05, 0.1) is 6.61 Å². The van der Waals surface area contributed by atoms with E-state index < -0.39 is 0 Å². The molecule has 1 aromatic rings. The Morgan fingerprint density at radius 1 is 1.50 bits per heavy atom. The maximum Gasteiger partial charge on any atom is 0.0512 e. The highest BCUT2D eigenvalue weighted by atomic mass is 16.5. The minimum atomic E-state index is 0.132. The van der Waals surface area contributed by atoms with Crippen LogP contribution < -0.4 is 10.6 Å². The first kappa shape index (κ1) is 12.0. The summed E-state index contributed by atoms with van der Waals surface area (Å²) in [5, 5.41) is 0. The quantitative estimate of drug-likeness (QED) is 0.887. The molecule has 2 aliphatic heterocycles. The number of anilines is 1. The average Bonchev–Trinajstić information content (AvgIpc) is 2.99. The van der Waals surface area contributed by atoms with Gasteiger partial charge in [0.15, 0.2) is 0 Å². The molecule has 0 aliphatic carbocycles. The van der Waals surface area contributed by atoms with Gasteiger partial charge in [0.25, 0.3) is 0 Å². The molecule has 18 heavy (non-hydrogen) atoms. The third-order valence-corrected chi connectivity index (χ3v) is 4.12. The zero-order valence-electron chi connectivity index (χ0n) is 11.1. The molecule has 2 atom stereocenters. The molecule has 0 spiro atoms. The van der Waals surface area contributed by atoms with Crippen LogP contribution in [0.1, 0.15) is 30.5 Å². The van der Waals surface area contributed by atoms with Gasteiger partial charge >= 0.3 is 0 Å². The fourth-order valence-corrected chi connectivity index (χ4v) is 3.00. The maximum absolute atomic E-state index is 5.94. The van der Waals surface area contributed by atoms with Crippen molar-refractivity contribution in [1.29, 1.82) is 0 Å². The van der Waals surface area contributed by atoms with Crippen molar-refractivity contribution in [2.75, 3.05) is 31.2 Å². The molecule has 1 aromatic carbocycles. The van der Waals surface area contributed by atoms with E-state index in [2.05, 4.69) is 23.1 Å². The second-order valence-electron chi connectivity index (χ2n) is 5.60. The number of rotatable bonds is 3. The van der Waals surface area contributed by atoms with Crippen LogP contribution in [0.5, 0.6) is 0 Å². The van der Waals surface area contributed by atoms with E-state index in [1.807, 2.05) is 6.92 Å². The lowest BCUT2D eigenvalue weighted by Crippen LogP contribution is -2.27. The van der Waals surface area contributed by atoms with Gasteiger partial charge in [-0.3, -0.25) is 0 Å². The number of benzene rings is 1. The largest absolute Gasteiger partial charge is 0.381 e. The summed E-state index contributed by atoms with van der Waals surface area (Å²) >= 11 is 0. The molecule has 98 valence electrons. The van der Waals surface area contributed by atoms with Gasteiger partial charge < -0.3 is 15.4 Å². The van der Waals surface area contributed by atoms with Gasteiger partial charge in [-0.25, -0.2) is 0 Å². The number of hydrogen-bond donors (Lipinski definition) is 1. The van der Waals surface area contributed by atoms with Crippen LogP contribution in [0.2, 0.25) is 0 Å². The Bertz CT molecular complexity index is 425. The van der Waals surface area contributed by atoms with Gasteiger partial charge in [-0.05, 0) is 37.0 Å². The third kappa shape index (κ3) is 2.25. The zero-order chi connectivity index (χ0) is 12.5. The van der Waals surface area contributed by atoms with E-state index in [4.69, 9.17) is 10.5 Å². The molecule has 0 aromatic heterocycles. The van der Waals surface area contributed by atoms with Gasteiger partial charge in [0.2, 0.25) is 0 Å². The Hall–Kier alpha value is -1.06. The standard InChI is InChI=1S/C15H22N2O/c1-11(16)13-2-3-15-14(8-13)4-6-17(15)9-12-5-7-18-10-12/h2-3,8,11-12H,4-7,9-10,16H2,1H3. The smallest absolute Gasteiger partial charge is 0.0512 e. The second kappa shape index (κ2) is 4.90. The molecule has 3 heteroatoms. The summed E-state index contributed by atoms with van der Waals surface area (Å²) in [5.74, 6) is 0.712. The van der Waals surface area contributed by atoms with Crippen LogP contribution in [0.25, 0.3) is 0 Å². The molecule has 3 nitrogen and oxygen atoms in total. The monoisotopic (exact) mass is 246 g/mol. The lowest BCUT2D eigenvalue weighted by Gasteiger charge is -2.22. The summed E-state index contributed by atoms with van der Waals surface area (Å²) < 4.78 is 5.46. The van der Waals surface area contributed by atoms with Crippen LogP contribution in [-0.2, 0) is 11.2 Å². The van der Waals surface area contributed by atoms with E-state index >= 15 is 0 Å². The molecule has 2 N–H and O–H groups in total. The van der Waals surface area contributed by atoms with Crippen LogP contribution >= 0.6 is 0 Å². The topological polar surface area (TPSA) is 38.5 Å². The third-order valence-electron chi connectivity index (χ3n) is 4.12. The molecule has 3 rings (SSSR count). The minimum Gasteiger partial charge on any atom is -0.381 e. The van der Waals surface area contributed by atoms with E-state index in [-0.39, 0.29) is 6.04 Å². The number of nitrogens with two attached hydrogens (primary N) is 1. The molecule has 1 fully saturated rings. The highest BCUT2D eigenvalue weighted by Crippen LogP contribution is 2.31. The van der Waals surface area contributed by atoms with E-state index in [0.717, 1.165) is 32.7 Å². The normalized spacial score (nSPS) is 24.3. The molecule has 2 heterocycles. The molecule has 2 unspecified atom stereocenters. The summed E-state index contributed by atoms with van der Waals surface area (Å²) in [4.78, 5) is 2.51. The lowest BCUT2D eigenvalue weighted by molar-refractivity contribution is 0.186. The van der Waals surface area contributed by atoms with Crippen molar-refractivity contribution >= 4 is 5.69 Å². The fourth-order valence-electron chi connectivity index (χ4n) is 3.00. The summed E-state index contributed by atoms with van der Waals surface area (Å²) in [5.41, 5.74) is 10.1. The van der Waals surface area contributed by atoms with Crippen molar-refractivity contribution in [3.8, 4) is 0 Å². The second-order valence-corrected chi connectivity index (χ2v) is 5.60. The van der Waals surface area contributed by atoms with Crippen molar-refractivity contribution in [2.45, 2.75) is 25.8 Å². The van der Waals surface area contributed by atoms with Gasteiger partial charge in [-0.15, -0.1) is 0 Å². The highest BCUT2D eigenvalue weighted by Gasteiger charge is 2.24. The first-order valence-corrected chi connectivity index (χ1v) is 6.95. The van der Waals surface area contributed by atoms with Crippen molar-refractivity contribution in [3.63, 3.8) is 0 Å². The molecular weight excluding hydrogens is 224 g/mol. The predicted molar refractivity (Wildman–Crippen MR) is 73.9 cm³/mol. The van der Waals surface area contributed by atoms with Gasteiger partial charge in [0, 0.05) is 37.3 Å². The molecule has 2 aliphatic rings.